The smallest absolute Gasteiger partial charge is 0.269 e. The summed E-state index contributed by atoms with van der Waals surface area (Å²) in [5.74, 6) is 0. The molecule has 0 unspecified atom stereocenters. The Bertz CT molecular complexity index is 940. The third-order valence-corrected chi connectivity index (χ3v) is 7.02. The van der Waals surface area contributed by atoms with E-state index in [4.69, 9.17) is 11.6 Å². The van der Waals surface area contributed by atoms with Gasteiger partial charge in [0.15, 0.2) is 0 Å². The van der Waals surface area contributed by atoms with Gasteiger partial charge in [-0.1, -0.05) is 31.0 Å². The number of benzene rings is 1. The Morgan fingerprint density at radius 2 is 2.00 bits per heavy atom. The number of aryl methyl sites for hydroxylation is 1. The highest BCUT2D eigenvalue weighted by molar-refractivity contribution is 6.33. The van der Waals surface area contributed by atoms with E-state index >= 15 is 0 Å². The molecule has 1 aromatic heterocycles. The lowest BCUT2D eigenvalue weighted by Gasteiger charge is -2.39. The fraction of sp³-hybridized carbons (Fsp3) is 0.542. The van der Waals surface area contributed by atoms with Gasteiger partial charge < -0.3 is 14.6 Å². The average molecular weight is 415 g/mol. The highest BCUT2D eigenvalue weighted by Crippen LogP contribution is 2.39. The highest BCUT2D eigenvalue weighted by atomic mass is 35.5. The van der Waals surface area contributed by atoms with Gasteiger partial charge in [-0.05, 0) is 74.8 Å². The molecule has 4 nitrogen and oxygen atoms in total. The average Bonchev–Trinajstić information content (AvgIpc) is 3.12. The van der Waals surface area contributed by atoms with Crippen molar-refractivity contribution < 1.29 is 5.11 Å². The minimum absolute atomic E-state index is 0.103. The van der Waals surface area contributed by atoms with Crippen molar-refractivity contribution in [3.8, 4) is 11.1 Å². The summed E-state index contributed by atoms with van der Waals surface area (Å²) in [5, 5.41) is 10.6. The van der Waals surface area contributed by atoms with Crippen molar-refractivity contribution in [3.63, 3.8) is 0 Å². The Morgan fingerprint density at radius 1 is 1.24 bits per heavy atom. The van der Waals surface area contributed by atoms with Crippen LogP contribution in [0.1, 0.15) is 57.9 Å². The first kappa shape index (κ1) is 20.5. The van der Waals surface area contributed by atoms with Crippen molar-refractivity contribution in [1.82, 2.24) is 4.57 Å². The largest absolute Gasteiger partial charge is 0.390 e. The lowest BCUT2D eigenvalue weighted by atomic mass is 9.83. The summed E-state index contributed by atoms with van der Waals surface area (Å²) in [5.41, 5.74) is 3.85. The zero-order valence-corrected chi connectivity index (χ0v) is 18.2. The van der Waals surface area contributed by atoms with Crippen LogP contribution in [0.15, 0.2) is 35.3 Å². The van der Waals surface area contributed by atoms with Crippen LogP contribution in [0.3, 0.4) is 0 Å². The van der Waals surface area contributed by atoms with Gasteiger partial charge in [0, 0.05) is 36.6 Å². The number of fused-ring (bicyclic) bond motifs is 1. The summed E-state index contributed by atoms with van der Waals surface area (Å²) >= 11 is 6.47. The zero-order valence-electron chi connectivity index (χ0n) is 17.5. The molecule has 0 bridgehead atoms. The van der Waals surface area contributed by atoms with Gasteiger partial charge in [0.2, 0.25) is 0 Å². The second kappa shape index (κ2) is 8.16. The first-order valence-corrected chi connectivity index (χ1v) is 11.3. The molecule has 0 spiro atoms. The van der Waals surface area contributed by atoms with E-state index in [9.17, 15) is 9.90 Å². The van der Waals surface area contributed by atoms with E-state index in [1.165, 1.54) is 11.3 Å². The molecule has 29 heavy (non-hydrogen) atoms. The number of rotatable bonds is 5. The van der Waals surface area contributed by atoms with E-state index in [1.54, 1.807) is 4.57 Å². The Hall–Kier alpha value is -1.78. The number of nitrogens with zero attached hydrogens (tertiary/aromatic N) is 2. The minimum Gasteiger partial charge on any atom is -0.390 e. The second-order valence-corrected chi connectivity index (χ2v) is 9.29. The van der Waals surface area contributed by atoms with Crippen LogP contribution in [0.4, 0.5) is 5.69 Å². The topological polar surface area (TPSA) is 45.5 Å². The molecule has 1 N–H and O–H groups in total. The minimum atomic E-state index is -0.503. The van der Waals surface area contributed by atoms with Gasteiger partial charge in [0.1, 0.15) is 5.02 Å². The lowest BCUT2D eigenvalue weighted by Crippen LogP contribution is -2.41. The van der Waals surface area contributed by atoms with Crippen molar-refractivity contribution in [1.29, 1.82) is 0 Å². The number of hydrogen-bond acceptors (Lipinski definition) is 3. The number of pyridine rings is 1. The molecule has 1 fully saturated rings. The molecule has 0 saturated heterocycles. The van der Waals surface area contributed by atoms with E-state index in [2.05, 4.69) is 30.0 Å². The molecule has 0 radical (unpaired) electrons. The Balaban J connectivity index is 1.57. The molecule has 2 heterocycles. The van der Waals surface area contributed by atoms with Crippen molar-refractivity contribution in [2.45, 2.75) is 77.0 Å². The highest BCUT2D eigenvalue weighted by Gasteiger charge is 2.34. The predicted octanol–water partition coefficient (Wildman–Crippen LogP) is 5.02. The molecule has 2 aromatic rings. The molecule has 0 amide bonds. The first-order valence-electron chi connectivity index (χ1n) is 10.9. The number of halogens is 1. The fourth-order valence-corrected chi connectivity index (χ4v) is 5.07. The fourth-order valence-electron chi connectivity index (χ4n) is 4.78. The maximum atomic E-state index is 12.6. The van der Waals surface area contributed by atoms with Gasteiger partial charge in [0.25, 0.3) is 5.56 Å². The summed E-state index contributed by atoms with van der Waals surface area (Å²) < 4.78 is 1.71. The van der Waals surface area contributed by atoms with Crippen LogP contribution < -0.4 is 10.5 Å². The molecular weight excluding hydrogens is 384 g/mol. The molecule has 1 aromatic carbocycles. The summed E-state index contributed by atoms with van der Waals surface area (Å²) in [4.78, 5) is 15.1. The maximum absolute atomic E-state index is 12.6. The molecule has 1 aliphatic carbocycles. The number of anilines is 1. The van der Waals surface area contributed by atoms with Gasteiger partial charge in [0.05, 0.1) is 5.60 Å². The quantitative estimate of drug-likeness (QED) is 0.746. The van der Waals surface area contributed by atoms with Crippen molar-refractivity contribution >= 4 is 17.3 Å². The SMILES string of the molecule is CCCCn1ccc(-c2ccc3c(c2)CCN3C2CCC(C)(O)CC2)c(Cl)c1=O. The number of unbranched alkanes of at least 4 members (excludes halogenated alkanes) is 1. The van der Waals surface area contributed by atoms with Crippen LogP contribution in [0.2, 0.25) is 5.02 Å². The third kappa shape index (κ3) is 4.10. The summed E-state index contributed by atoms with van der Waals surface area (Å²) in [6.45, 7) is 5.80. The Labute approximate surface area is 178 Å². The van der Waals surface area contributed by atoms with E-state index in [1.807, 2.05) is 19.2 Å². The van der Waals surface area contributed by atoms with E-state index < -0.39 is 5.60 Å². The molecular formula is C24H31ClN2O2. The molecule has 0 atom stereocenters. The van der Waals surface area contributed by atoms with Gasteiger partial charge in [-0.2, -0.15) is 0 Å². The normalized spacial score (nSPS) is 24.0. The Kier molecular flexibility index (Phi) is 5.76. The van der Waals surface area contributed by atoms with Gasteiger partial charge in [-0.25, -0.2) is 0 Å². The first-order chi connectivity index (χ1) is 13.9. The van der Waals surface area contributed by atoms with Crippen molar-refractivity contribution in [2.24, 2.45) is 0 Å². The van der Waals surface area contributed by atoms with E-state index in [0.29, 0.717) is 17.6 Å². The molecule has 2 aliphatic rings. The molecule has 1 aliphatic heterocycles. The van der Waals surface area contributed by atoms with Gasteiger partial charge in [-0.3, -0.25) is 4.79 Å². The van der Waals surface area contributed by atoms with Crippen molar-refractivity contribution in [3.05, 3.63) is 51.4 Å². The summed E-state index contributed by atoms with van der Waals surface area (Å²) in [6.07, 6.45) is 8.71. The zero-order chi connectivity index (χ0) is 20.6. The van der Waals surface area contributed by atoms with E-state index in [0.717, 1.165) is 62.6 Å². The molecule has 156 valence electrons. The van der Waals surface area contributed by atoms with Crippen LogP contribution in [0.25, 0.3) is 11.1 Å². The monoisotopic (exact) mass is 414 g/mol. The predicted molar refractivity (Wildman–Crippen MR) is 120 cm³/mol. The van der Waals surface area contributed by atoms with Crippen LogP contribution in [-0.4, -0.2) is 27.9 Å². The number of aromatic nitrogens is 1. The molecule has 1 saturated carbocycles. The van der Waals surface area contributed by atoms with Gasteiger partial charge >= 0.3 is 0 Å². The third-order valence-electron chi connectivity index (χ3n) is 6.65. The van der Waals surface area contributed by atoms with Crippen molar-refractivity contribution in [2.75, 3.05) is 11.4 Å². The standard InChI is InChI=1S/C24H31ClN2O2/c1-3-4-13-26-14-10-20(22(25)23(26)28)17-5-6-21-18(16-17)9-15-27(21)19-7-11-24(2,29)12-8-19/h5-6,10,14,16,19,29H,3-4,7-9,11-13,15H2,1-2H3. The molecule has 5 heteroatoms. The second-order valence-electron chi connectivity index (χ2n) is 8.91. The van der Waals surface area contributed by atoms with Crippen LogP contribution >= 0.6 is 11.6 Å². The van der Waals surface area contributed by atoms with Crippen LogP contribution in [0.5, 0.6) is 0 Å². The number of hydrogen-bond donors (Lipinski definition) is 1. The Morgan fingerprint density at radius 3 is 2.72 bits per heavy atom. The van der Waals surface area contributed by atoms with Crippen LogP contribution in [-0.2, 0) is 13.0 Å². The van der Waals surface area contributed by atoms with E-state index in [-0.39, 0.29) is 5.56 Å². The summed E-state index contributed by atoms with van der Waals surface area (Å²) in [6, 6.07) is 8.95. The molecule has 4 rings (SSSR count). The number of aliphatic hydroxyl groups is 1. The summed E-state index contributed by atoms with van der Waals surface area (Å²) in [7, 11) is 0. The maximum Gasteiger partial charge on any atom is 0.269 e. The van der Waals surface area contributed by atoms with Crippen LogP contribution in [0, 0.1) is 0 Å². The lowest BCUT2D eigenvalue weighted by molar-refractivity contribution is 0.0172. The van der Waals surface area contributed by atoms with Gasteiger partial charge in [-0.15, -0.1) is 0 Å².